The van der Waals surface area contributed by atoms with E-state index in [1.165, 1.54) is 0 Å². The SMILES string of the molecule is Clc1ccc(Br)cn1.OC1CCN(c2ccc(Br)cn2)CC1. The summed E-state index contributed by atoms with van der Waals surface area (Å²) in [5, 5.41) is 9.88. The van der Waals surface area contributed by atoms with Crippen LogP contribution in [0.5, 0.6) is 0 Å². The van der Waals surface area contributed by atoms with E-state index in [0.29, 0.717) is 5.15 Å². The standard InChI is InChI=1S/C10H13BrN2O.C5H3BrClN/c11-8-1-2-10(12-7-8)13-5-3-9(14)4-6-13;6-4-1-2-5(7)8-3-4/h1-2,7,9,14H,3-6H2;1-3H. The van der Waals surface area contributed by atoms with Gasteiger partial charge in [0.2, 0.25) is 0 Å². The Morgan fingerprint density at radius 1 is 1.00 bits per heavy atom. The summed E-state index contributed by atoms with van der Waals surface area (Å²) in [5.74, 6) is 1.00. The normalized spacial score (nSPS) is 15.2. The number of aliphatic hydroxyl groups is 1. The molecule has 4 nitrogen and oxygen atoms in total. The van der Waals surface area contributed by atoms with Crippen molar-refractivity contribution in [2.24, 2.45) is 0 Å². The summed E-state index contributed by atoms with van der Waals surface area (Å²) in [6.07, 6.45) is 5.03. The Balaban J connectivity index is 0.000000188. The first-order valence-electron chi connectivity index (χ1n) is 6.86. The molecular formula is C15H16Br2ClN3O. The summed E-state index contributed by atoms with van der Waals surface area (Å²) in [6, 6.07) is 7.57. The molecule has 0 aliphatic carbocycles. The molecule has 0 aromatic carbocycles. The Bertz CT molecular complexity index is 551. The van der Waals surface area contributed by atoms with Crippen LogP contribution in [-0.4, -0.2) is 34.3 Å². The minimum Gasteiger partial charge on any atom is -0.393 e. The number of nitrogens with zero attached hydrogens (tertiary/aromatic N) is 3. The van der Waals surface area contributed by atoms with Crippen LogP contribution < -0.4 is 4.90 Å². The Labute approximate surface area is 151 Å². The molecule has 1 aliphatic rings. The summed E-state index contributed by atoms with van der Waals surface area (Å²) in [5.41, 5.74) is 0. The fourth-order valence-corrected chi connectivity index (χ4v) is 2.59. The molecule has 0 unspecified atom stereocenters. The first-order chi connectivity index (χ1) is 10.5. The second-order valence-electron chi connectivity index (χ2n) is 4.85. The Kier molecular flexibility index (Phi) is 7.08. The topological polar surface area (TPSA) is 49.3 Å². The maximum Gasteiger partial charge on any atom is 0.129 e. The minimum atomic E-state index is -0.123. The van der Waals surface area contributed by atoms with Gasteiger partial charge in [-0.25, -0.2) is 9.97 Å². The lowest BCUT2D eigenvalue weighted by Gasteiger charge is -2.30. The Morgan fingerprint density at radius 2 is 1.59 bits per heavy atom. The first-order valence-corrected chi connectivity index (χ1v) is 8.82. The van der Waals surface area contributed by atoms with Crippen LogP contribution >= 0.6 is 43.5 Å². The molecule has 22 heavy (non-hydrogen) atoms. The van der Waals surface area contributed by atoms with Gasteiger partial charge in [0.15, 0.2) is 0 Å². The van der Waals surface area contributed by atoms with Crippen molar-refractivity contribution in [2.75, 3.05) is 18.0 Å². The second-order valence-corrected chi connectivity index (χ2v) is 7.07. The minimum absolute atomic E-state index is 0.123. The lowest BCUT2D eigenvalue weighted by Crippen LogP contribution is -2.36. The molecule has 1 aliphatic heterocycles. The molecule has 0 spiro atoms. The fourth-order valence-electron chi connectivity index (χ4n) is 2.01. The van der Waals surface area contributed by atoms with E-state index < -0.39 is 0 Å². The maximum atomic E-state index is 9.36. The third-order valence-corrected chi connectivity index (χ3v) is 4.35. The first kappa shape index (κ1) is 17.7. The molecule has 1 saturated heterocycles. The van der Waals surface area contributed by atoms with Crippen molar-refractivity contribution < 1.29 is 5.11 Å². The van der Waals surface area contributed by atoms with Crippen molar-refractivity contribution in [3.63, 3.8) is 0 Å². The van der Waals surface area contributed by atoms with Gasteiger partial charge in [0.1, 0.15) is 11.0 Å². The summed E-state index contributed by atoms with van der Waals surface area (Å²) in [7, 11) is 0. The van der Waals surface area contributed by atoms with Crippen LogP contribution in [0.2, 0.25) is 5.15 Å². The van der Waals surface area contributed by atoms with Gasteiger partial charge < -0.3 is 10.0 Å². The largest absolute Gasteiger partial charge is 0.393 e. The number of pyridine rings is 2. The van der Waals surface area contributed by atoms with Gasteiger partial charge in [0, 0.05) is 34.4 Å². The number of hydrogen-bond acceptors (Lipinski definition) is 4. The van der Waals surface area contributed by atoms with Crippen LogP contribution in [0.3, 0.4) is 0 Å². The summed E-state index contributed by atoms with van der Waals surface area (Å²) >= 11 is 12.1. The van der Waals surface area contributed by atoms with Crippen molar-refractivity contribution in [3.8, 4) is 0 Å². The Morgan fingerprint density at radius 3 is 2.05 bits per heavy atom. The van der Waals surface area contributed by atoms with Gasteiger partial charge in [0.25, 0.3) is 0 Å². The van der Waals surface area contributed by atoms with Crippen molar-refractivity contribution in [1.82, 2.24) is 9.97 Å². The third-order valence-electron chi connectivity index (χ3n) is 3.19. The molecule has 2 aromatic heterocycles. The molecule has 0 saturated carbocycles. The molecule has 0 amide bonds. The predicted octanol–water partition coefficient (Wildman–Crippen LogP) is 4.30. The van der Waals surface area contributed by atoms with E-state index in [4.69, 9.17) is 11.6 Å². The van der Waals surface area contributed by atoms with Crippen molar-refractivity contribution in [2.45, 2.75) is 18.9 Å². The van der Waals surface area contributed by atoms with Crippen LogP contribution in [0, 0.1) is 0 Å². The second kappa shape index (κ2) is 8.82. The van der Waals surface area contributed by atoms with E-state index in [1.807, 2.05) is 18.2 Å². The van der Waals surface area contributed by atoms with Gasteiger partial charge >= 0.3 is 0 Å². The van der Waals surface area contributed by atoms with Crippen LogP contribution in [0.1, 0.15) is 12.8 Å². The molecule has 3 heterocycles. The summed E-state index contributed by atoms with van der Waals surface area (Å²) in [4.78, 5) is 10.3. The van der Waals surface area contributed by atoms with Crippen LogP contribution in [0.25, 0.3) is 0 Å². The van der Waals surface area contributed by atoms with E-state index in [0.717, 1.165) is 40.7 Å². The zero-order chi connectivity index (χ0) is 15.9. The fraction of sp³-hybridized carbons (Fsp3) is 0.333. The molecule has 0 radical (unpaired) electrons. The van der Waals surface area contributed by atoms with E-state index >= 15 is 0 Å². The van der Waals surface area contributed by atoms with Crippen LogP contribution in [-0.2, 0) is 0 Å². The van der Waals surface area contributed by atoms with Gasteiger partial charge in [-0.3, -0.25) is 0 Å². The van der Waals surface area contributed by atoms with Crippen molar-refractivity contribution >= 4 is 49.3 Å². The number of aromatic nitrogens is 2. The highest BCUT2D eigenvalue weighted by molar-refractivity contribution is 9.10. The van der Waals surface area contributed by atoms with E-state index in [9.17, 15) is 5.11 Å². The highest BCUT2D eigenvalue weighted by Crippen LogP contribution is 2.19. The zero-order valence-corrected chi connectivity index (χ0v) is 15.7. The summed E-state index contributed by atoms with van der Waals surface area (Å²) < 4.78 is 1.94. The molecule has 1 N–H and O–H groups in total. The molecule has 0 atom stereocenters. The number of anilines is 1. The number of halogens is 3. The van der Waals surface area contributed by atoms with Gasteiger partial charge in [0.05, 0.1) is 6.10 Å². The van der Waals surface area contributed by atoms with Gasteiger partial charge in [-0.1, -0.05) is 11.6 Å². The van der Waals surface area contributed by atoms with E-state index in [-0.39, 0.29) is 6.10 Å². The molecule has 7 heteroatoms. The van der Waals surface area contributed by atoms with Crippen LogP contribution in [0.15, 0.2) is 45.6 Å². The Hall–Kier alpha value is -0.690. The lowest BCUT2D eigenvalue weighted by molar-refractivity contribution is 0.145. The molecule has 0 bridgehead atoms. The van der Waals surface area contributed by atoms with Crippen LogP contribution in [0.4, 0.5) is 5.82 Å². The zero-order valence-electron chi connectivity index (χ0n) is 11.8. The number of hydrogen-bond donors (Lipinski definition) is 1. The molecule has 118 valence electrons. The predicted molar refractivity (Wildman–Crippen MR) is 96.3 cm³/mol. The highest BCUT2D eigenvalue weighted by atomic mass is 79.9. The van der Waals surface area contributed by atoms with E-state index in [1.54, 1.807) is 18.5 Å². The smallest absolute Gasteiger partial charge is 0.129 e. The van der Waals surface area contributed by atoms with Gasteiger partial charge in [-0.05, 0) is 69.0 Å². The number of aliphatic hydroxyl groups excluding tert-OH is 1. The maximum absolute atomic E-state index is 9.36. The van der Waals surface area contributed by atoms with E-state index in [2.05, 4.69) is 46.7 Å². The van der Waals surface area contributed by atoms with Gasteiger partial charge in [-0.15, -0.1) is 0 Å². The summed E-state index contributed by atoms with van der Waals surface area (Å²) in [6.45, 7) is 1.80. The molecule has 1 fully saturated rings. The molecular weight excluding hydrogens is 433 g/mol. The third kappa shape index (κ3) is 5.83. The quantitative estimate of drug-likeness (QED) is 0.660. The lowest BCUT2D eigenvalue weighted by atomic mass is 10.1. The number of rotatable bonds is 1. The highest BCUT2D eigenvalue weighted by Gasteiger charge is 2.17. The average Bonchev–Trinajstić information content (AvgIpc) is 2.53. The average molecular weight is 450 g/mol. The number of piperidine rings is 1. The van der Waals surface area contributed by atoms with Gasteiger partial charge in [-0.2, -0.15) is 0 Å². The molecule has 2 aromatic rings. The van der Waals surface area contributed by atoms with Crippen molar-refractivity contribution in [3.05, 3.63) is 50.8 Å². The monoisotopic (exact) mass is 447 g/mol. The molecule has 3 rings (SSSR count). The van der Waals surface area contributed by atoms with Crippen molar-refractivity contribution in [1.29, 1.82) is 0 Å².